The molecule has 31 heavy (non-hydrogen) atoms. The minimum absolute atomic E-state index is 0.202. The van der Waals surface area contributed by atoms with Crippen molar-refractivity contribution in [2.45, 2.75) is 23.8 Å². The quantitative estimate of drug-likeness (QED) is 0.546. The van der Waals surface area contributed by atoms with Gasteiger partial charge < -0.3 is 10.1 Å². The Hall–Kier alpha value is -2.61. The molecule has 3 aromatic carbocycles. The molecule has 0 spiro atoms. The van der Waals surface area contributed by atoms with Crippen LogP contribution in [0.15, 0.2) is 71.6 Å². The van der Waals surface area contributed by atoms with Crippen molar-refractivity contribution in [3.8, 4) is 5.75 Å². The maximum absolute atomic E-state index is 13.3. The highest BCUT2D eigenvalue weighted by molar-refractivity contribution is 7.89. The molecular weight excluding hydrogens is 436 g/mol. The molecular formula is C23H23ClN2O4S. The van der Waals surface area contributed by atoms with Crippen molar-refractivity contribution < 1.29 is 17.9 Å². The summed E-state index contributed by atoms with van der Waals surface area (Å²) in [6.45, 7) is 0.813. The summed E-state index contributed by atoms with van der Waals surface area (Å²) < 4.78 is 33.4. The number of ether oxygens (including phenoxy) is 1. The number of carbonyl (C=O) groups is 1. The first-order valence-corrected chi connectivity index (χ1v) is 11.9. The van der Waals surface area contributed by atoms with Gasteiger partial charge in [0.1, 0.15) is 18.4 Å². The van der Waals surface area contributed by atoms with Crippen LogP contribution in [0.4, 0.5) is 0 Å². The van der Waals surface area contributed by atoms with E-state index in [0.29, 0.717) is 30.2 Å². The topological polar surface area (TPSA) is 75.7 Å². The second kappa shape index (κ2) is 9.26. The Morgan fingerprint density at radius 1 is 1.06 bits per heavy atom. The molecule has 0 radical (unpaired) electrons. The van der Waals surface area contributed by atoms with Gasteiger partial charge in [0.2, 0.25) is 15.9 Å². The van der Waals surface area contributed by atoms with Crippen LogP contribution < -0.4 is 10.1 Å². The molecule has 1 heterocycles. The van der Waals surface area contributed by atoms with Crippen molar-refractivity contribution in [2.24, 2.45) is 0 Å². The number of para-hydroxylation sites is 1. The van der Waals surface area contributed by atoms with Gasteiger partial charge >= 0.3 is 0 Å². The second-order valence-corrected chi connectivity index (χ2v) is 9.65. The van der Waals surface area contributed by atoms with E-state index in [-0.39, 0.29) is 24.0 Å². The van der Waals surface area contributed by atoms with Gasteiger partial charge in [0.15, 0.2) is 0 Å². The van der Waals surface area contributed by atoms with E-state index in [0.717, 1.165) is 10.8 Å². The van der Waals surface area contributed by atoms with Gasteiger partial charge in [-0.25, -0.2) is 8.42 Å². The first-order chi connectivity index (χ1) is 15.0. The Balaban J connectivity index is 1.41. The average molecular weight is 459 g/mol. The number of nitrogens with zero attached hydrogens (tertiary/aromatic N) is 1. The van der Waals surface area contributed by atoms with Gasteiger partial charge in [0.25, 0.3) is 0 Å². The highest BCUT2D eigenvalue weighted by Gasteiger charge is 2.39. The Morgan fingerprint density at radius 3 is 2.61 bits per heavy atom. The Kier molecular flexibility index (Phi) is 6.46. The molecule has 1 fully saturated rings. The second-order valence-electron chi connectivity index (χ2n) is 7.35. The van der Waals surface area contributed by atoms with Gasteiger partial charge in [-0.3, -0.25) is 4.79 Å². The highest BCUT2D eigenvalue weighted by Crippen LogP contribution is 2.28. The molecule has 1 N–H and O–H groups in total. The Morgan fingerprint density at radius 2 is 1.81 bits per heavy atom. The predicted octanol–water partition coefficient (Wildman–Crippen LogP) is 3.84. The summed E-state index contributed by atoms with van der Waals surface area (Å²) in [5.41, 5.74) is 0. The zero-order valence-corrected chi connectivity index (χ0v) is 18.4. The summed E-state index contributed by atoms with van der Waals surface area (Å²) in [5, 5.41) is 5.10. The summed E-state index contributed by atoms with van der Waals surface area (Å²) >= 11 is 6.05. The highest BCUT2D eigenvalue weighted by atomic mass is 35.5. The van der Waals surface area contributed by atoms with Crippen molar-refractivity contribution >= 4 is 38.3 Å². The molecule has 0 aliphatic carbocycles. The van der Waals surface area contributed by atoms with E-state index >= 15 is 0 Å². The number of benzene rings is 3. The van der Waals surface area contributed by atoms with Crippen molar-refractivity contribution in [3.05, 3.63) is 71.8 Å². The van der Waals surface area contributed by atoms with Crippen LogP contribution in [0.25, 0.3) is 10.8 Å². The van der Waals surface area contributed by atoms with Gasteiger partial charge in [0.05, 0.1) is 16.5 Å². The maximum Gasteiger partial charge on any atom is 0.243 e. The van der Waals surface area contributed by atoms with E-state index in [1.165, 1.54) is 4.31 Å². The van der Waals surface area contributed by atoms with Crippen LogP contribution in [0.3, 0.4) is 0 Å². The molecule has 6 nitrogen and oxygen atoms in total. The van der Waals surface area contributed by atoms with Crippen LogP contribution >= 0.6 is 11.6 Å². The van der Waals surface area contributed by atoms with Crippen LogP contribution in [0.2, 0.25) is 5.02 Å². The summed E-state index contributed by atoms with van der Waals surface area (Å²) in [7, 11) is -3.78. The minimum Gasteiger partial charge on any atom is -0.490 e. The number of halogens is 1. The third-order valence-electron chi connectivity index (χ3n) is 5.33. The molecule has 162 valence electrons. The molecule has 0 saturated carbocycles. The zero-order chi connectivity index (χ0) is 21.8. The summed E-state index contributed by atoms with van der Waals surface area (Å²) in [6, 6.07) is 19.0. The molecule has 0 bridgehead atoms. The fourth-order valence-electron chi connectivity index (χ4n) is 3.77. The molecule has 3 aromatic rings. The van der Waals surface area contributed by atoms with E-state index in [2.05, 4.69) is 5.32 Å². The average Bonchev–Trinajstić information content (AvgIpc) is 3.28. The van der Waals surface area contributed by atoms with Crippen LogP contribution in [0, 0.1) is 0 Å². The van der Waals surface area contributed by atoms with E-state index in [4.69, 9.17) is 16.3 Å². The Labute approximate surface area is 186 Å². The summed E-state index contributed by atoms with van der Waals surface area (Å²) in [4.78, 5) is 12.9. The fourth-order valence-corrected chi connectivity index (χ4v) is 5.65. The number of sulfonamides is 1. The number of rotatable bonds is 7. The van der Waals surface area contributed by atoms with Gasteiger partial charge in [-0.1, -0.05) is 54.1 Å². The number of carbonyl (C=O) groups excluding carboxylic acids is 1. The number of amides is 1. The third kappa shape index (κ3) is 4.69. The Bertz CT molecular complexity index is 1200. The normalized spacial score (nSPS) is 17.0. The first-order valence-electron chi connectivity index (χ1n) is 10.1. The van der Waals surface area contributed by atoms with E-state index in [1.807, 2.05) is 36.4 Å². The van der Waals surface area contributed by atoms with Crippen LogP contribution in [0.5, 0.6) is 5.75 Å². The SMILES string of the molecule is O=C(NCCOc1ccccc1Cl)C1CCCN1S(=O)(=O)c1ccc2ccccc2c1. The van der Waals surface area contributed by atoms with Crippen LogP contribution in [-0.4, -0.2) is 44.4 Å². The van der Waals surface area contributed by atoms with Gasteiger partial charge in [0, 0.05) is 6.54 Å². The molecule has 0 aromatic heterocycles. The molecule has 1 amide bonds. The first kappa shape index (κ1) is 21.6. The van der Waals surface area contributed by atoms with Gasteiger partial charge in [-0.2, -0.15) is 4.31 Å². The van der Waals surface area contributed by atoms with Crippen molar-refractivity contribution in [3.63, 3.8) is 0 Å². The van der Waals surface area contributed by atoms with Crippen molar-refractivity contribution in [1.29, 1.82) is 0 Å². The number of fused-ring (bicyclic) bond motifs is 1. The van der Waals surface area contributed by atoms with E-state index in [9.17, 15) is 13.2 Å². The monoisotopic (exact) mass is 458 g/mol. The summed E-state index contributed by atoms with van der Waals surface area (Å²) in [6.07, 6.45) is 1.13. The standard InChI is InChI=1S/C23H23ClN2O4S/c24-20-8-3-4-10-22(20)30-15-13-25-23(27)21-9-5-14-26(21)31(28,29)19-12-11-17-6-1-2-7-18(17)16-19/h1-4,6-8,10-12,16,21H,5,9,13-15H2,(H,25,27). The molecule has 1 atom stereocenters. The predicted molar refractivity (Wildman–Crippen MR) is 121 cm³/mol. The summed E-state index contributed by atoms with van der Waals surface area (Å²) in [5.74, 6) is 0.226. The lowest BCUT2D eigenvalue weighted by Gasteiger charge is -2.23. The zero-order valence-electron chi connectivity index (χ0n) is 16.8. The van der Waals surface area contributed by atoms with Gasteiger partial charge in [-0.15, -0.1) is 0 Å². The lowest BCUT2D eigenvalue weighted by atomic mass is 10.1. The minimum atomic E-state index is -3.78. The molecule has 1 aliphatic heterocycles. The lowest BCUT2D eigenvalue weighted by molar-refractivity contribution is -0.124. The fraction of sp³-hybridized carbons (Fsp3) is 0.261. The largest absolute Gasteiger partial charge is 0.490 e. The van der Waals surface area contributed by atoms with Crippen molar-refractivity contribution in [1.82, 2.24) is 9.62 Å². The van der Waals surface area contributed by atoms with Gasteiger partial charge in [-0.05, 0) is 47.9 Å². The molecule has 1 saturated heterocycles. The molecule has 1 aliphatic rings. The smallest absolute Gasteiger partial charge is 0.243 e. The molecule has 8 heteroatoms. The maximum atomic E-state index is 13.3. The molecule has 4 rings (SSSR count). The lowest BCUT2D eigenvalue weighted by Crippen LogP contribution is -2.46. The number of hydrogen-bond acceptors (Lipinski definition) is 4. The van der Waals surface area contributed by atoms with Crippen LogP contribution in [0.1, 0.15) is 12.8 Å². The number of hydrogen-bond donors (Lipinski definition) is 1. The number of nitrogens with one attached hydrogen (secondary N) is 1. The van der Waals surface area contributed by atoms with Crippen molar-refractivity contribution in [2.75, 3.05) is 19.7 Å². The van der Waals surface area contributed by atoms with Crippen LogP contribution in [-0.2, 0) is 14.8 Å². The van der Waals surface area contributed by atoms with E-state index in [1.54, 1.807) is 30.3 Å². The molecule has 1 unspecified atom stereocenters. The van der Waals surface area contributed by atoms with E-state index < -0.39 is 16.1 Å². The third-order valence-corrected chi connectivity index (χ3v) is 7.55.